The average molecular weight is 423 g/mol. The highest BCUT2D eigenvalue weighted by Gasteiger charge is 2.53. The molecule has 1 heterocycles. The second kappa shape index (κ2) is 8.65. The Morgan fingerprint density at radius 2 is 1.73 bits per heavy atom. The van der Waals surface area contributed by atoms with E-state index < -0.39 is 17.4 Å². The smallest absolute Gasteiger partial charge is 0.303 e. The number of carbonyl (C=O) groups is 2. The number of hydrogen-bond donors (Lipinski definition) is 1. The topological polar surface area (TPSA) is 63.4 Å². The molecule has 2 amide bonds. The van der Waals surface area contributed by atoms with Gasteiger partial charge in [0.1, 0.15) is 0 Å². The molecule has 1 saturated carbocycles. The average Bonchev–Trinajstić information content (AvgIpc) is 3.26. The quantitative estimate of drug-likeness (QED) is 0.691. The zero-order chi connectivity index (χ0) is 21.9. The molecule has 0 saturated heterocycles. The number of nitrogens with two attached hydrogens (primary N) is 1. The maximum Gasteiger partial charge on any atom is 0.303 e. The Morgan fingerprint density at radius 1 is 1.10 bits per heavy atom. The molecule has 0 aliphatic heterocycles. The van der Waals surface area contributed by atoms with E-state index in [0.717, 1.165) is 42.5 Å². The maximum atomic E-state index is 13.2. The number of carbonyl (C=O) groups excluding carboxylic acids is 2. The number of primary amides is 1. The Kier molecular flexibility index (Phi) is 6.38. The zero-order valence-corrected chi connectivity index (χ0v) is 18.8. The van der Waals surface area contributed by atoms with Crippen LogP contribution in [0, 0.1) is 18.3 Å². The summed E-state index contributed by atoms with van der Waals surface area (Å²) < 4.78 is 0. The first-order valence-electron chi connectivity index (χ1n) is 10.5. The molecule has 1 unspecified atom stereocenters. The van der Waals surface area contributed by atoms with Gasteiger partial charge in [-0.1, -0.05) is 58.2 Å². The Morgan fingerprint density at radius 3 is 2.20 bits per heavy atom. The fourth-order valence-electron chi connectivity index (χ4n) is 4.60. The zero-order valence-electron chi connectivity index (χ0n) is 18.0. The summed E-state index contributed by atoms with van der Waals surface area (Å²) >= 11 is 1.45. The van der Waals surface area contributed by atoms with Crippen molar-refractivity contribution in [3.8, 4) is 12.3 Å². The SMILES string of the molecule is C#CC(=O)N(c1ccc(C(C)(C)C)cc1)C(C(N)=O)(c1cccs1)C1CCCCC1. The van der Waals surface area contributed by atoms with Gasteiger partial charge in [0.05, 0.1) is 0 Å². The summed E-state index contributed by atoms with van der Waals surface area (Å²) in [5.74, 6) is 1.10. The van der Waals surface area contributed by atoms with Gasteiger partial charge in [-0.25, -0.2) is 0 Å². The van der Waals surface area contributed by atoms with Crippen LogP contribution in [0.2, 0.25) is 0 Å². The predicted molar refractivity (Wildman–Crippen MR) is 123 cm³/mol. The molecule has 4 nitrogen and oxygen atoms in total. The van der Waals surface area contributed by atoms with Crippen molar-refractivity contribution in [3.63, 3.8) is 0 Å². The molecule has 1 aromatic heterocycles. The van der Waals surface area contributed by atoms with Gasteiger partial charge in [-0.2, -0.15) is 0 Å². The van der Waals surface area contributed by atoms with Crippen LogP contribution in [0.25, 0.3) is 0 Å². The molecule has 1 fully saturated rings. The molecule has 3 rings (SSSR count). The number of hydrogen-bond acceptors (Lipinski definition) is 3. The first kappa shape index (κ1) is 22.1. The third-order valence-corrected chi connectivity index (χ3v) is 7.13. The molecular weight excluding hydrogens is 392 g/mol. The minimum atomic E-state index is -1.29. The van der Waals surface area contributed by atoms with Crippen LogP contribution in [0.3, 0.4) is 0 Å². The minimum absolute atomic E-state index is 0.0304. The molecular formula is C25H30N2O2S. The molecule has 5 heteroatoms. The molecule has 2 N–H and O–H groups in total. The van der Waals surface area contributed by atoms with Gasteiger partial charge < -0.3 is 5.73 Å². The maximum absolute atomic E-state index is 13.2. The van der Waals surface area contributed by atoms with E-state index in [2.05, 4.69) is 26.7 Å². The highest BCUT2D eigenvalue weighted by molar-refractivity contribution is 7.10. The molecule has 1 atom stereocenters. The van der Waals surface area contributed by atoms with Crippen LogP contribution in [0.15, 0.2) is 41.8 Å². The predicted octanol–water partition coefficient (Wildman–Crippen LogP) is 4.97. The highest BCUT2D eigenvalue weighted by Crippen LogP contribution is 2.47. The van der Waals surface area contributed by atoms with Gasteiger partial charge in [-0.15, -0.1) is 17.8 Å². The number of thiophene rings is 1. The summed E-state index contributed by atoms with van der Waals surface area (Å²) in [6.45, 7) is 6.40. The highest BCUT2D eigenvalue weighted by atomic mass is 32.1. The van der Waals surface area contributed by atoms with Gasteiger partial charge in [0.25, 0.3) is 0 Å². The lowest BCUT2D eigenvalue weighted by Crippen LogP contribution is -2.61. The summed E-state index contributed by atoms with van der Waals surface area (Å²) in [5, 5.41) is 1.91. The van der Waals surface area contributed by atoms with Crippen molar-refractivity contribution < 1.29 is 9.59 Å². The minimum Gasteiger partial charge on any atom is -0.367 e. The second-order valence-electron chi connectivity index (χ2n) is 9.02. The molecule has 1 aliphatic rings. The van der Waals surface area contributed by atoms with E-state index in [9.17, 15) is 9.59 Å². The van der Waals surface area contributed by atoms with Crippen LogP contribution in [-0.4, -0.2) is 11.8 Å². The number of benzene rings is 1. The third-order valence-electron chi connectivity index (χ3n) is 6.14. The summed E-state index contributed by atoms with van der Waals surface area (Å²) in [6, 6.07) is 11.5. The fraction of sp³-hybridized carbons (Fsp3) is 0.440. The number of nitrogens with zero attached hydrogens (tertiary/aromatic N) is 1. The van der Waals surface area contributed by atoms with Gasteiger partial charge in [0.2, 0.25) is 5.91 Å². The third kappa shape index (κ3) is 3.89. The van der Waals surface area contributed by atoms with Crippen molar-refractivity contribution >= 4 is 28.8 Å². The van der Waals surface area contributed by atoms with Crippen LogP contribution in [0.5, 0.6) is 0 Å². The van der Waals surface area contributed by atoms with Crippen molar-refractivity contribution in [2.45, 2.75) is 63.8 Å². The molecule has 30 heavy (non-hydrogen) atoms. The largest absolute Gasteiger partial charge is 0.367 e. The monoisotopic (exact) mass is 422 g/mol. The standard InChI is InChI=1S/C25H30N2O2S/c1-5-22(28)27(20-15-13-18(14-16-20)24(2,3)4)25(23(26)29,21-12-9-17-30-21)19-10-7-6-8-11-19/h1,9,12-17,19H,6-8,10-11H2,2-4H3,(H2,26,29). The molecule has 0 radical (unpaired) electrons. The van der Waals surface area contributed by atoms with E-state index in [0.29, 0.717) is 5.69 Å². The van der Waals surface area contributed by atoms with Crippen molar-refractivity contribution in [2.24, 2.45) is 11.7 Å². The Balaban J connectivity index is 2.24. The van der Waals surface area contributed by atoms with Gasteiger partial charge >= 0.3 is 5.91 Å². The van der Waals surface area contributed by atoms with Crippen molar-refractivity contribution in [3.05, 3.63) is 52.2 Å². The van der Waals surface area contributed by atoms with Crippen LogP contribution < -0.4 is 10.6 Å². The first-order valence-corrected chi connectivity index (χ1v) is 11.4. The fourth-order valence-corrected chi connectivity index (χ4v) is 5.60. The summed E-state index contributed by atoms with van der Waals surface area (Å²) in [5.41, 5.74) is 6.55. The molecule has 158 valence electrons. The van der Waals surface area contributed by atoms with Crippen molar-refractivity contribution in [1.82, 2.24) is 0 Å². The summed E-state index contributed by atoms with van der Waals surface area (Å²) in [4.78, 5) is 28.7. The number of terminal acetylenes is 1. The lowest BCUT2D eigenvalue weighted by atomic mass is 9.71. The van der Waals surface area contributed by atoms with E-state index >= 15 is 0 Å². The van der Waals surface area contributed by atoms with E-state index in [1.54, 1.807) is 0 Å². The molecule has 1 aliphatic carbocycles. The molecule has 1 aromatic carbocycles. The van der Waals surface area contributed by atoms with Crippen LogP contribution in [0.4, 0.5) is 5.69 Å². The lowest BCUT2D eigenvalue weighted by Gasteiger charge is -2.46. The van der Waals surface area contributed by atoms with Crippen molar-refractivity contribution in [1.29, 1.82) is 0 Å². The van der Waals surface area contributed by atoms with Gasteiger partial charge in [0.15, 0.2) is 5.54 Å². The molecule has 0 bridgehead atoms. The second-order valence-corrected chi connectivity index (χ2v) is 9.97. The Labute approximate surface area is 183 Å². The Bertz CT molecular complexity index is 929. The molecule has 2 aromatic rings. The summed E-state index contributed by atoms with van der Waals surface area (Å²) in [7, 11) is 0. The van der Waals surface area contributed by atoms with E-state index in [4.69, 9.17) is 12.2 Å². The first-order chi connectivity index (χ1) is 14.2. The van der Waals surface area contributed by atoms with Crippen LogP contribution in [-0.2, 0) is 20.5 Å². The van der Waals surface area contributed by atoms with E-state index in [-0.39, 0.29) is 11.3 Å². The lowest BCUT2D eigenvalue weighted by molar-refractivity contribution is -0.129. The number of anilines is 1. The Hall–Kier alpha value is -2.58. The number of rotatable bonds is 5. The summed E-state index contributed by atoms with van der Waals surface area (Å²) in [6.07, 6.45) is 10.4. The molecule has 0 spiro atoms. The van der Waals surface area contributed by atoms with Gasteiger partial charge in [0, 0.05) is 10.6 Å². The normalized spacial score (nSPS) is 17.0. The number of amides is 2. The van der Waals surface area contributed by atoms with E-state index in [1.165, 1.54) is 16.2 Å². The van der Waals surface area contributed by atoms with Crippen LogP contribution in [0.1, 0.15) is 63.3 Å². The van der Waals surface area contributed by atoms with Crippen LogP contribution >= 0.6 is 11.3 Å². The van der Waals surface area contributed by atoms with E-state index in [1.807, 2.05) is 41.8 Å². The van der Waals surface area contributed by atoms with Crippen molar-refractivity contribution in [2.75, 3.05) is 4.90 Å². The van der Waals surface area contributed by atoms with Gasteiger partial charge in [-0.3, -0.25) is 14.5 Å². The van der Waals surface area contributed by atoms with Gasteiger partial charge in [-0.05, 0) is 59.2 Å².